The Hall–Kier alpha value is -0.470. The zero-order valence-electron chi connectivity index (χ0n) is 10.6. The van der Waals surface area contributed by atoms with Gasteiger partial charge in [0, 0.05) is 25.3 Å². The van der Waals surface area contributed by atoms with Crippen LogP contribution in [0.5, 0.6) is 0 Å². The third-order valence-electron chi connectivity index (χ3n) is 2.89. The van der Waals surface area contributed by atoms with Crippen LogP contribution in [0.3, 0.4) is 0 Å². The van der Waals surface area contributed by atoms with E-state index >= 15 is 0 Å². The number of primary amides is 1. The van der Waals surface area contributed by atoms with Crippen molar-refractivity contribution in [1.29, 1.82) is 0 Å². The Morgan fingerprint density at radius 2 is 1.95 bits per heavy atom. The Labute approximate surface area is 114 Å². The molecule has 1 amide bonds. The molecular weight excluding hydrogens is 281 g/mol. The fourth-order valence-electron chi connectivity index (χ4n) is 1.91. The second kappa shape index (κ2) is 7.96. The number of alkyl halides is 3. The van der Waals surface area contributed by atoms with Crippen LogP contribution in [0.25, 0.3) is 0 Å². The lowest BCUT2D eigenvalue weighted by molar-refractivity contribution is -0.192. The maximum absolute atomic E-state index is 13.0. The predicted molar refractivity (Wildman–Crippen MR) is 68.0 cm³/mol. The van der Waals surface area contributed by atoms with E-state index in [0.717, 1.165) is 0 Å². The van der Waals surface area contributed by atoms with Gasteiger partial charge >= 0.3 is 6.18 Å². The topological polar surface area (TPSA) is 55.6 Å². The lowest BCUT2D eigenvalue weighted by atomic mass is 10.1. The zero-order chi connectivity index (χ0) is 14.3. The van der Waals surface area contributed by atoms with E-state index in [2.05, 4.69) is 0 Å². The molecule has 0 saturated carbocycles. The second-order valence-corrected chi connectivity index (χ2v) is 5.55. The summed E-state index contributed by atoms with van der Waals surface area (Å²) < 4.78 is 44.0. The van der Waals surface area contributed by atoms with Gasteiger partial charge in [-0.15, -0.1) is 0 Å². The van der Waals surface area contributed by atoms with Gasteiger partial charge in [0.15, 0.2) is 0 Å². The first kappa shape index (κ1) is 16.6. The molecule has 1 aliphatic rings. The van der Waals surface area contributed by atoms with Crippen LogP contribution in [0.15, 0.2) is 0 Å². The third kappa shape index (κ3) is 6.49. The molecule has 112 valence electrons. The summed E-state index contributed by atoms with van der Waals surface area (Å²) in [5, 5.41) is 0. The molecule has 0 radical (unpaired) electrons. The van der Waals surface area contributed by atoms with Gasteiger partial charge in [-0.25, -0.2) is 0 Å². The minimum absolute atomic E-state index is 0.0347. The number of carbonyl (C=O) groups excluding carboxylic acids is 1. The number of hydrogen-bond acceptors (Lipinski definition) is 4. The summed E-state index contributed by atoms with van der Waals surface area (Å²) in [6.45, 7) is 1.33. The number of carbonyl (C=O) groups is 1. The van der Waals surface area contributed by atoms with E-state index in [1.807, 2.05) is 0 Å². The van der Waals surface area contributed by atoms with E-state index < -0.39 is 18.1 Å². The smallest absolute Gasteiger partial charge is 0.379 e. The molecule has 0 aliphatic carbocycles. The Morgan fingerprint density at radius 1 is 1.32 bits per heavy atom. The summed E-state index contributed by atoms with van der Waals surface area (Å²) in [5.74, 6) is 0.422. The normalized spacial score (nSPS) is 19.3. The van der Waals surface area contributed by atoms with Crippen LogP contribution in [0.1, 0.15) is 12.8 Å². The van der Waals surface area contributed by atoms with E-state index in [-0.39, 0.29) is 12.8 Å². The number of halogens is 3. The maximum atomic E-state index is 13.0. The van der Waals surface area contributed by atoms with Crippen LogP contribution in [0.2, 0.25) is 0 Å². The van der Waals surface area contributed by atoms with Crippen molar-refractivity contribution in [2.75, 3.05) is 37.8 Å². The van der Waals surface area contributed by atoms with E-state index in [1.54, 1.807) is 0 Å². The van der Waals surface area contributed by atoms with Crippen molar-refractivity contribution in [3.05, 3.63) is 0 Å². The molecule has 1 fully saturated rings. The van der Waals surface area contributed by atoms with Gasteiger partial charge in [0.25, 0.3) is 0 Å². The Kier molecular flexibility index (Phi) is 6.95. The van der Waals surface area contributed by atoms with Crippen molar-refractivity contribution >= 4 is 17.7 Å². The van der Waals surface area contributed by atoms with Crippen molar-refractivity contribution < 1.29 is 22.7 Å². The number of rotatable bonds is 7. The van der Waals surface area contributed by atoms with Gasteiger partial charge in [-0.3, -0.25) is 9.69 Å². The molecule has 19 heavy (non-hydrogen) atoms. The average Bonchev–Trinajstić information content (AvgIpc) is 2.32. The quantitative estimate of drug-likeness (QED) is 0.719. The summed E-state index contributed by atoms with van der Waals surface area (Å²) in [7, 11) is 0. The lowest BCUT2D eigenvalue weighted by Gasteiger charge is -2.35. The van der Waals surface area contributed by atoms with Crippen LogP contribution in [0, 0.1) is 0 Å². The molecule has 1 atom stereocenters. The van der Waals surface area contributed by atoms with Crippen LogP contribution in [0.4, 0.5) is 13.2 Å². The maximum Gasteiger partial charge on any atom is 0.404 e. The number of morpholine rings is 1. The molecule has 2 N–H and O–H groups in total. The van der Waals surface area contributed by atoms with E-state index in [0.29, 0.717) is 37.8 Å². The molecule has 1 saturated heterocycles. The molecule has 1 aliphatic heterocycles. The molecule has 0 aromatic rings. The number of nitrogens with zero attached hydrogens (tertiary/aromatic N) is 1. The highest BCUT2D eigenvalue weighted by atomic mass is 32.2. The third-order valence-corrected chi connectivity index (χ3v) is 3.91. The van der Waals surface area contributed by atoms with Crippen molar-refractivity contribution in [3.63, 3.8) is 0 Å². The highest BCUT2D eigenvalue weighted by Gasteiger charge is 2.43. The molecular formula is C11H19F3N2O2S. The van der Waals surface area contributed by atoms with E-state index in [4.69, 9.17) is 10.5 Å². The van der Waals surface area contributed by atoms with Crippen LogP contribution in [-0.2, 0) is 9.53 Å². The van der Waals surface area contributed by atoms with E-state index in [9.17, 15) is 18.0 Å². The number of nitrogens with two attached hydrogens (primary N) is 1. The minimum atomic E-state index is -4.22. The summed E-state index contributed by atoms with van der Waals surface area (Å²) in [5.41, 5.74) is 4.97. The second-order valence-electron chi connectivity index (χ2n) is 4.32. The molecule has 0 aromatic heterocycles. The first-order valence-corrected chi connectivity index (χ1v) is 7.31. The zero-order valence-corrected chi connectivity index (χ0v) is 11.4. The first-order chi connectivity index (χ1) is 8.91. The van der Waals surface area contributed by atoms with Gasteiger partial charge in [0.1, 0.15) is 6.04 Å². The number of amides is 1. The monoisotopic (exact) mass is 300 g/mol. The SMILES string of the molecule is NC(=O)CCSCCC(N1CCOCC1)C(F)(F)F. The van der Waals surface area contributed by atoms with Gasteiger partial charge in [-0.2, -0.15) is 24.9 Å². The van der Waals surface area contributed by atoms with Gasteiger partial charge in [-0.1, -0.05) is 0 Å². The molecule has 8 heteroatoms. The van der Waals surface area contributed by atoms with Gasteiger partial charge in [-0.05, 0) is 12.2 Å². The van der Waals surface area contributed by atoms with Gasteiger partial charge < -0.3 is 10.5 Å². The standard InChI is InChI=1S/C11H19F3N2O2S/c12-11(13,14)9(16-3-5-18-6-4-16)1-7-19-8-2-10(15)17/h9H,1-8H2,(H2,15,17). The molecule has 0 bridgehead atoms. The Bertz CT molecular complexity index is 284. The molecule has 1 unspecified atom stereocenters. The molecule has 0 aromatic carbocycles. The molecule has 1 heterocycles. The highest BCUT2D eigenvalue weighted by Crippen LogP contribution is 2.29. The fraction of sp³-hybridized carbons (Fsp3) is 0.909. The van der Waals surface area contributed by atoms with Crippen LogP contribution < -0.4 is 5.73 Å². The van der Waals surface area contributed by atoms with Crippen molar-refractivity contribution in [3.8, 4) is 0 Å². The molecule has 0 spiro atoms. The number of ether oxygens (including phenoxy) is 1. The summed E-state index contributed by atoms with van der Waals surface area (Å²) >= 11 is 1.33. The van der Waals surface area contributed by atoms with Crippen molar-refractivity contribution in [2.24, 2.45) is 5.73 Å². The van der Waals surface area contributed by atoms with Crippen LogP contribution in [-0.4, -0.2) is 60.8 Å². The largest absolute Gasteiger partial charge is 0.404 e. The van der Waals surface area contributed by atoms with Crippen molar-refractivity contribution in [2.45, 2.75) is 25.1 Å². The Balaban J connectivity index is 2.35. The Morgan fingerprint density at radius 3 is 2.47 bits per heavy atom. The number of thioether (sulfide) groups is 1. The van der Waals surface area contributed by atoms with Crippen molar-refractivity contribution in [1.82, 2.24) is 4.90 Å². The van der Waals surface area contributed by atoms with Gasteiger partial charge in [0.05, 0.1) is 13.2 Å². The molecule has 4 nitrogen and oxygen atoms in total. The number of hydrogen-bond donors (Lipinski definition) is 1. The van der Waals surface area contributed by atoms with E-state index in [1.165, 1.54) is 16.7 Å². The summed E-state index contributed by atoms with van der Waals surface area (Å²) in [6, 6.07) is -1.42. The first-order valence-electron chi connectivity index (χ1n) is 6.16. The van der Waals surface area contributed by atoms with Crippen LogP contribution >= 0.6 is 11.8 Å². The average molecular weight is 300 g/mol. The minimum Gasteiger partial charge on any atom is -0.379 e. The highest BCUT2D eigenvalue weighted by molar-refractivity contribution is 7.99. The van der Waals surface area contributed by atoms with Gasteiger partial charge in [0.2, 0.25) is 5.91 Å². The summed E-state index contributed by atoms with van der Waals surface area (Å²) in [4.78, 5) is 11.9. The molecule has 1 rings (SSSR count). The lowest BCUT2D eigenvalue weighted by Crippen LogP contribution is -2.50. The predicted octanol–water partition coefficient (Wildman–Crippen LogP) is 1.25. The fourth-order valence-corrected chi connectivity index (χ4v) is 2.85. The summed E-state index contributed by atoms with van der Waals surface area (Å²) in [6.07, 6.45) is -3.98.